The highest BCUT2D eigenvalue weighted by molar-refractivity contribution is 6.02. The van der Waals surface area contributed by atoms with E-state index in [0.29, 0.717) is 11.1 Å². The van der Waals surface area contributed by atoms with E-state index >= 15 is 0 Å². The van der Waals surface area contributed by atoms with Crippen molar-refractivity contribution in [1.29, 1.82) is 0 Å². The molecule has 0 fully saturated rings. The van der Waals surface area contributed by atoms with Gasteiger partial charge in [-0.05, 0) is 41.5 Å². The molecule has 2 aromatic carbocycles. The second kappa shape index (κ2) is 12.4. The smallest absolute Gasteiger partial charge is 0.339 e. The fourth-order valence-corrected chi connectivity index (χ4v) is 2.47. The van der Waals surface area contributed by atoms with Crippen LogP contribution in [0.25, 0.3) is 0 Å². The summed E-state index contributed by atoms with van der Waals surface area (Å²) in [6.07, 6.45) is 0.253. The molecule has 0 aliphatic rings. The number of carbonyl (C=O) groups excluding carboxylic acids is 1. The average molecular weight is 439 g/mol. The molecule has 0 aliphatic carbocycles. The van der Waals surface area contributed by atoms with Gasteiger partial charge in [0.15, 0.2) is 5.75 Å². The summed E-state index contributed by atoms with van der Waals surface area (Å²) in [5, 5.41) is 27.3. The Morgan fingerprint density at radius 1 is 0.935 bits per heavy atom. The minimum Gasteiger partial charge on any atom is -0.508 e. The Morgan fingerprint density at radius 2 is 1.74 bits per heavy atom. The highest BCUT2D eigenvalue weighted by Crippen LogP contribution is 2.20. The van der Waals surface area contributed by atoms with Crippen LogP contribution in [0, 0.1) is 0 Å². The minimum atomic E-state index is -1.32. The third-order valence-corrected chi connectivity index (χ3v) is 3.90. The van der Waals surface area contributed by atoms with E-state index in [0.717, 1.165) is 12.1 Å². The van der Waals surface area contributed by atoms with Crippen molar-refractivity contribution in [1.82, 2.24) is 0 Å². The van der Waals surface area contributed by atoms with Gasteiger partial charge in [0.2, 0.25) is 0 Å². The Hall–Kier alpha value is -3.26. The molecule has 0 spiro atoms. The molecule has 5 N–H and O–H groups in total. The Labute approximate surface area is 176 Å². The molecular weight excluding hydrogens is 418 g/mol. The number of phenolic OH excluding ortho intramolecular Hbond substituents is 1. The van der Waals surface area contributed by atoms with Crippen LogP contribution in [0.4, 0.5) is 0 Å². The summed E-state index contributed by atoms with van der Waals surface area (Å²) in [6, 6.07) is 7.99. The van der Waals surface area contributed by atoms with Crippen molar-refractivity contribution in [2.45, 2.75) is 19.6 Å². The summed E-state index contributed by atoms with van der Waals surface area (Å²) in [4.78, 5) is 46.1. The predicted molar refractivity (Wildman–Crippen MR) is 100 cm³/mol. The summed E-state index contributed by atoms with van der Waals surface area (Å²) >= 11 is 0. The zero-order valence-electron chi connectivity index (χ0n) is 16.2. The zero-order valence-corrected chi connectivity index (χ0v) is 16.2. The van der Waals surface area contributed by atoms with E-state index in [1.165, 1.54) is 18.2 Å². The molecule has 0 aliphatic heterocycles. The predicted octanol–water partition coefficient (Wildman–Crippen LogP) is 1.96. The maximum atomic E-state index is 12.2. The molecule has 0 bridgehead atoms. The molecule has 0 aromatic heterocycles. The van der Waals surface area contributed by atoms with Crippen LogP contribution >= 0.6 is 0 Å². The fraction of sp³-hybridized carbons (Fsp3) is 0.263. The Kier molecular flexibility index (Phi) is 9.64. The van der Waals surface area contributed by atoms with E-state index < -0.39 is 11.9 Å². The van der Waals surface area contributed by atoms with Crippen molar-refractivity contribution < 1.29 is 54.3 Å². The van der Waals surface area contributed by atoms with Gasteiger partial charge in [-0.25, -0.2) is 24.3 Å². The number of esters is 1. The van der Waals surface area contributed by atoms with Gasteiger partial charge >= 0.3 is 11.9 Å². The van der Waals surface area contributed by atoms with E-state index in [1.807, 2.05) is 0 Å². The second-order valence-corrected chi connectivity index (χ2v) is 5.99. The van der Waals surface area contributed by atoms with Crippen molar-refractivity contribution in [2.24, 2.45) is 5.90 Å². The monoisotopic (exact) mass is 439 g/mol. The van der Waals surface area contributed by atoms with Crippen LogP contribution in [0.5, 0.6) is 11.5 Å². The van der Waals surface area contributed by atoms with E-state index in [4.69, 9.17) is 25.7 Å². The molecule has 168 valence electrons. The number of benzene rings is 2. The van der Waals surface area contributed by atoms with Crippen LogP contribution in [-0.4, -0.2) is 40.6 Å². The zero-order chi connectivity index (χ0) is 22.6. The van der Waals surface area contributed by atoms with Crippen LogP contribution in [-0.2, 0) is 37.6 Å². The summed E-state index contributed by atoms with van der Waals surface area (Å²) in [5.41, 5.74) is 0.632. The van der Waals surface area contributed by atoms with E-state index in [2.05, 4.69) is 14.8 Å². The average Bonchev–Trinajstić information content (AvgIpc) is 2.74. The lowest BCUT2D eigenvalue weighted by Crippen LogP contribution is -2.14. The number of phenols is 1. The number of hydrogen-bond donors (Lipinski definition) is 4. The molecular formula is C19H21NO11. The number of carboxylic acid groups (broad SMARTS) is 1. The third-order valence-electron chi connectivity index (χ3n) is 3.90. The van der Waals surface area contributed by atoms with Gasteiger partial charge in [-0.3, -0.25) is 5.26 Å². The number of carbonyl (C=O) groups is 2. The maximum absolute atomic E-state index is 12.2. The van der Waals surface area contributed by atoms with Crippen LogP contribution in [0.2, 0.25) is 0 Å². The Bertz CT molecular complexity index is 887. The lowest BCUT2D eigenvalue weighted by Gasteiger charge is -2.10. The Balaban J connectivity index is 1.77. The molecule has 12 heteroatoms. The summed E-state index contributed by atoms with van der Waals surface area (Å²) in [7, 11) is 0. The van der Waals surface area contributed by atoms with E-state index in [9.17, 15) is 19.8 Å². The number of ether oxygens (including phenoxy) is 1. The van der Waals surface area contributed by atoms with E-state index in [1.54, 1.807) is 6.07 Å². The van der Waals surface area contributed by atoms with Gasteiger partial charge < -0.3 is 19.8 Å². The molecule has 2 aromatic rings. The first-order valence-corrected chi connectivity index (χ1v) is 8.85. The normalized spacial score (nSPS) is 10.6. The van der Waals surface area contributed by atoms with E-state index in [-0.39, 0.29) is 55.5 Å². The number of rotatable bonds is 13. The van der Waals surface area contributed by atoms with Crippen LogP contribution in [0.3, 0.4) is 0 Å². The molecule has 0 heterocycles. The minimum absolute atomic E-state index is 0.0143. The molecule has 0 amide bonds. The molecule has 2 rings (SSSR count). The molecule has 0 unspecified atom stereocenters. The first-order chi connectivity index (χ1) is 15.0. The number of aromatic carboxylic acids is 1. The topological polar surface area (TPSA) is 176 Å². The van der Waals surface area contributed by atoms with Gasteiger partial charge in [0.25, 0.3) is 0 Å². The number of carboxylic acids is 1. The standard InChI is InChI=1S/C19H21NO11/c20-31-30-15-4-5-16(18(22)23)17(9-15)19(24)26-6-1-7-28-29-11-13-8-14(21)3-2-12(13)10-27-25/h2-5,8-9,21,25H,1,6-7,10-11,20H2,(H,22,23). The van der Waals surface area contributed by atoms with Crippen molar-refractivity contribution >= 4 is 11.9 Å². The van der Waals surface area contributed by atoms with Gasteiger partial charge in [-0.15, -0.1) is 0 Å². The van der Waals surface area contributed by atoms with Crippen molar-refractivity contribution in [2.75, 3.05) is 13.2 Å². The van der Waals surface area contributed by atoms with Gasteiger partial charge in [0.05, 0.1) is 24.3 Å². The van der Waals surface area contributed by atoms with Crippen LogP contribution in [0.1, 0.15) is 38.3 Å². The first-order valence-electron chi connectivity index (χ1n) is 8.85. The number of hydrogen-bond acceptors (Lipinski definition) is 11. The van der Waals surface area contributed by atoms with Gasteiger partial charge in [0, 0.05) is 6.42 Å². The van der Waals surface area contributed by atoms with Crippen molar-refractivity contribution in [3.05, 3.63) is 58.7 Å². The largest absolute Gasteiger partial charge is 0.508 e. The summed E-state index contributed by atoms with van der Waals surface area (Å²) in [6.45, 7) is -0.120. The molecule has 0 atom stereocenters. The highest BCUT2D eigenvalue weighted by Gasteiger charge is 2.19. The molecule has 0 saturated carbocycles. The van der Waals surface area contributed by atoms with Crippen LogP contribution in [0.15, 0.2) is 36.4 Å². The molecule has 12 nitrogen and oxygen atoms in total. The van der Waals surface area contributed by atoms with Crippen molar-refractivity contribution in [3.8, 4) is 11.5 Å². The molecule has 0 saturated heterocycles. The van der Waals surface area contributed by atoms with Crippen LogP contribution < -0.4 is 10.8 Å². The maximum Gasteiger partial charge on any atom is 0.339 e. The number of aromatic hydroxyl groups is 1. The lowest BCUT2D eigenvalue weighted by atomic mass is 10.1. The molecule has 0 radical (unpaired) electrons. The fourth-order valence-electron chi connectivity index (χ4n) is 2.47. The Morgan fingerprint density at radius 3 is 2.45 bits per heavy atom. The summed E-state index contributed by atoms with van der Waals surface area (Å²) in [5.74, 6) is 2.62. The quantitative estimate of drug-likeness (QED) is 0.155. The van der Waals surface area contributed by atoms with Crippen molar-refractivity contribution in [3.63, 3.8) is 0 Å². The first kappa shape index (κ1) is 24.0. The number of nitrogens with two attached hydrogens (primary N) is 1. The SMILES string of the molecule is NOOc1ccc(C(=O)O)c(C(=O)OCCCOOCc2cc(O)ccc2COO)c1. The molecule has 31 heavy (non-hydrogen) atoms. The second-order valence-electron chi connectivity index (χ2n) is 5.99. The van der Waals surface area contributed by atoms with Gasteiger partial charge in [-0.1, -0.05) is 11.1 Å². The third kappa shape index (κ3) is 7.49. The summed E-state index contributed by atoms with van der Waals surface area (Å²) < 4.78 is 5.04. The lowest BCUT2D eigenvalue weighted by molar-refractivity contribution is -0.305. The van der Waals surface area contributed by atoms with Gasteiger partial charge in [-0.2, -0.15) is 5.90 Å². The van der Waals surface area contributed by atoms with Gasteiger partial charge in [0.1, 0.15) is 19.0 Å². The highest BCUT2D eigenvalue weighted by atomic mass is 17.3.